The van der Waals surface area contributed by atoms with Gasteiger partial charge in [0.05, 0.1) is 0 Å². The zero-order chi connectivity index (χ0) is 13.5. The van der Waals surface area contributed by atoms with Gasteiger partial charge in [0.1, 0.15) is 0 Å². The molecule has 0 saturated heterocycles. The van der Waals surface area contributed by atoms with Gasteiger partial charge in [0.15, 0.2) is 5.82 Å². The SMILES string of the molecule is CCCOCCCn1nnnc1-c1ccccc1N. The normalized spacial score (nSPS) is 10.8. The van der Waals surface area contributed by atoms with E-state index in [4.69, 9.17) is 10.5 Å². The minimum Gasteiger partial charge on any atom is -0.398 e. The third-order valence-corrected chi connectivity index (χ3v) is 2.74. The summed E-state index contributed by atoms with van der Waals surface area (Å²) in [6.45, 7) is 4.34. The Hall–Kier alpha value is -1.95. The lowest BCUT2D eigenvalue weighted by Gasteiger charge is -2.07. The fraction of sp³-hybridized carbons (Fsp3) is 0.462. The third kappa shape index (κ3) is 3.51. The number of benzene rings is 1. The number of rotatable bonds is 7. The van der Waals surface area contributed by atoms with Crippen LogP contribution in [0, 0.1) is 0 Å². The van der Waals surface area contributed by atoms with Gasteiger partial charge in [0, 0.05) is 31.0 Å². The Balaban J connectivity index is 2.00. The van der Waals surface area contributed by atoms with E-state index < -0.39 is 0 Å². The van der Waals surface area contributed by atoms with Crippen molar-refractivity contribution in [3.05, 3.63) is 24.3 Å². The maximum Gasteiger partial charge on any atom is 0.184 e. The van der Waals surface area contributed by atoms with Crippen molar-refractivity contribution in [3.8, 4) is 11.4 Å². The van der Waals surface area contributed by atoms with Crippen LogP contribution in [0.1, 0.15) is 19.8 Å². The minimum absolute atomic E-state index is 0.681. The number of hydrogen-bond acceptors (Lipinski definition) is 5. The van der Waals surface area contributed by atoms with Crippen molar-refractivity contribution in [1.82, 2.24) is 20.2 Å². The fourth-order valence-corrected chi connectivity index (χ4v) is 1.81. The van der Waals surface area contributed by atoms with Crippen LogP contribution in [0.3, 0.4) is 0 Å². The molecule has 0 amide bonds. The van der Waals surface area contributed by atoms with Crippen LogP contribution in [0.15, 0.2) is 24.3 Å². The summed E-state index contributed by atoms with van der Waals surface area (Å²) in [6.07, 6.45) is 1.92. The summed E-state index contributed by atoms with van der Waals surface area (Å²) in [4.78, 5) is 0. The molecule has 0 atom stereocenters. The molecule has 0 unspecified atom stereocenters. The highest BCUT2D eigenvalue weighted by molar-refractivity contribution is 5.70. The Bertz CT molecular complexity index is 511. The number of hydrogen-bond donors (Lipinski definition) is 1. The van der Waals surface area contributed by atoms with Crippen LogP contribution in [0.5, 0.6) is 0 Å². The number of tetrazole rings is 1. The summed E-state index contributed by atoms with van der Waals surface area (Å²) in [5.74, 6) is 0.702. The molecule has 1 aromatic carbocycles. The summed E-state index contributed by atoms with van der Waals surface area (Å²) >= 11 is 0. The molecule has 1 aromatic heterocycles. The fourth-order valence-electron chi connectivity index (χ4n) is 1.81. The van der Waals surface area contributed by atoms with Gasteiger partial charge in [0.25, 0.3) is 0 Å². The summed E-state index contributed by atoms with van der Waals surface area (Å²) in [5, 5.41) is 11.8. The van der Waals surface area contributed by atoms with Crippen LogP contribution in [0.25, 0.3) is 11.4 Å². The summed E-state index contributed by atoms with van der Waals surface area (Å²) in [7, 11) is 0. The highest BCUT2D eigenvalue weighted by Crippen LogP contribution is 2.22. The van der Waals surface area contributed by atoms with Crippen molar-refractivity contribution >= 4 is 5.69 Å². The molecule has 0 aliphatic heterocycles. The Kier molecular flexibility index (Phi) is 4.85. The molecular formula is C13H19N5O. The van der Waals surface area contributed by atoms with E-state index >= 15 is 0 Å². The van der Waals surface area contributed by atoms with Crippen molar-refractivity contribution in [1.29, 1.82) is 0 Å². The monoisotopic (exact) mass is 261 g/mol. The van der Waals surface area contributed by atoms with Crippen LogP contribution < -0.4 is 5.73 Å². The lowest BCUT2D eigenvalue weighted by Crippen LogP contribution is -2.07. The molecular weight excluding hydrogens is 242 g/mol. The van der Waals surface area contributed by atoms with Gasteiger partial charge >= 0.3 is 0 Å². The smallest absolute Gasteiger partial charge is 0.184 e. The van der Waals surface area contributed by atoms with Crippen LogP contribution in [-0.4, -0.2) is 33.4 Å². The lowest BCUT2D eigenvalue weighted by molar-refractivity contribution is 0.128. The largest absolute Gasteiger partial charge is 0.398 e. The van der Waals surface area contributed by atoms with E-state index in [1.54, 1.807) is 4.68 Å². The number of nitrogens with zero attached hydrogens (tertiary/aromatic N) is 4. The van der Waals surface area contributed by atoms with Crippen molar-refractivity contribution in [2.75, 3.05) is 18.9 Å². The second-order valence-corrected chi connectivity index (χ2v) is 4.28. The first-order valence-corrected chi connectivity index (χ1v) is 6.51. The topological polar surface area (TPSA) is 78.8 Å². The van der Waals surface area contributed by atoms with Crippen LogP contribution in [0.4, 0.5) is 5.69 Å². The first kappa shape index (κ1) is 13.5. The molecule has 0 radical (unpaired) electrons. The molecule has 19 heavy (non-hydrogen) atoms. The molecule has 0 fully saturated rings. The maximum absolute atomic E-state index is 5.94. The highest BCUT2D eigenvalue weighted by Gasteiger charge is 2.10. The zero-order valence-electron chi connectivity index (χ0n) is 11.1. The molecule has 0 spiro atoms. The van der Waals surface area contributed by atoms with Gasteiger partial charge in [-0.1, -0.05) is 19.1 Å². The Labute approximate surface area is 112 Å². The molecule has 0 saturated carbocycles. The van der Waals surface area contributed by atoms with Crippen LogP contribution >= 0.6 is 0 Å². The lowest BCUT2D eigenvalue weighted by atomic mass is 10.1. The number of aromatic nitrogens is 4. The number of anilines is 1. The third-order valence-electron chi connectivity index (χ3n) is 2.74. The quantitative estimate of drug-likeness (QED) is 0.606. The van der Waals surface area contributed by atoms with E-state index in [0.717, 1.165) is 38.2 Å². The predicted molar refractivity (Wildman–Crippen MR) is 73.4 cm³/mol. The average molecular weight is 261 g/mol. The first-order chi connectivity index (χ1) is 9.33. The molecule has 6 nitrogen and oxygen atoms in total. The van der Waals surface area contributed by atoms with E-state index in [2.05, 4.69) is 22.4 Å². The van der Waals surface area contributed by atoms with E-state index in [0.29, 0.717) is 11.5 Å². The van der Waals surface area contributed by atoms with E-state index in [9.17, 15) is 0 Å². The van der Waals surface area contributed by atoms with Gasteiger partial charge < -0.3 is 10.5 Å². The van der Waals surface area contributed by atoms with Crippen molar-refractivity contribution in [2.24, 2.45) is 0 Å². The van der Waals surface area contributed by atoms with E-state index in [-0.39, 0.29) is 0 Å². The molecule has 1 heterocycles. The van der Waals surface area contributed by atoms with Gasteiger partial charge in [-0.3, -0.25) is 0 Å². The van der Waals surface area contributed by atoms with Crippen molar-refractivity contribution < 1.29 is 4.74 Å². The molecule has 0 bridgehead atoms. The van der Waals surface area contributed by atoms with Crippen LogP contribution in [0.2, 0.25) is 0 Å². The molecule has 0 aliphatic carbocycles. The number of para-hydroxylation sites is 1. The van der Waals surface area contributed by atoms with Gasteiger partial charge in [-0.15, -0.1) is 5.10 Å². The zero-order valence-corrected chi connectivity index (χ0v) is 11.1. The predicted octanol–water partition coefficient (Wildman–Crippen LogP) is 1.74. The second-order valence-electron chi connectivity index (χ2n) is 4.28. The number of ether oxygens (including phenoxy) is 1. The second kappa shape index (κ2) is 6.84. The highest BCUT2D eigenvalue weighted by atomic mass is 16.5. The molecule has 2 aromatic rings. The number of aryl methyl sites for hydroxylation is 1. The summed E-state index contributed by atoms with van der Waals surface area (Å²) in [6, 6.07) is 7.59. The standard InChI is InChI=1S/C13H19N5O/c1-2-9-19-10-5-8-18-13(15-16-17-18)11-6-3-4-7-12(11)14/h3-4,6-7H,2,5,8-10,14H2,1H3. The molecule has 102 valence electrons. The number of nitrogen functional groups attached to an aromatic ring is 1. The van der Waals surface area contributed by atoms with Gasteiger partial charge in [-0.2, -0.15) is 0 Å². The van der Waals surface area contributed by atoms with Crippen molar-refractivity contribution in [2.45, 2.75) is 26.3 Å². The van der Waals surface area contributed by atoms with Crippen LogP contribution in [-0.2, 0) is 11.3 Å². The molecule has 2 rings (SSSR count). The summed E-state index contributed by atoms with van der Waals surface area (Å²) in [5.41, 5.74) is 7.49. The number of nitrogens with two attached hydrogens (primary N) is 1. The molecule has 2 N–H and O–H groups in total. The minimum atomic E-state index is 0.681. The first-order valence-electron chi connectivity index (χ1n) is 6.51. The van der Waals surface area contributed by atoms with Gasteiger partial charge in [0.2, 0.25) is 0 Å². The van der Waals surface area contributed by atoms with Gasteiger partial charge in [-0.05, 0) is 35.4 Å². The average Bonchev–Trinajstić information content (AvgIpc) is 2.87. The Morgan fingerprint density at radius 2 is 2.11 bits per heavy atom. The van der Waals surface area contributed by atoms with Crippen molar-refractivity contribution in [3.63, 3.8) is 0 Å². The summed E-state index contributed by atoms with van der Waals surface area (Å²) < 4.78 is 7.21. The van der Waals surface area contributed by atoms with E-state index in [1.165, 1.54) is 0 Å². The Morgan fingerprint density at radius 1 is 1.26 bits per heavy atom. The Morgan fingerprint density at radius 3 is 2.89 bits per heavy atom. The van der Waals surface area contributed by atoms with E-state index in [1.807, 2.05) is 24.3 Å². The maximum atomic E-state index is 5.94. The molecule has 0 aliphatic rings. The van der Waals surface area contributed by atoms with Gasteiger partial charge in [-0.25, -0.2) is 4.68 Å². The molecule has 6 heteroatoms.